The number of phenolic OH excluding ortho intramolecular Hbond substituents is 1. The molecule has 1 aromatic carbocycles. The van der Waals surface area contributed by atoms with Crippen LogP contribution in [-0.2, 0) is 0 Å². The van der Waals surface area contributed by atoms with Crippen LogP contribution < -0.4 is 4.74 Å². The number of aromatic hydroxyl groups is 1. The molecule has 0 spiro atoms. The number of halogens is 4. The Morgan fingerprint density at radius 3 is 2.40 bits per heavy atom. The SMILES string of the molecule is COc1c(F)c(F)c(O)c(F)c1C1=CC2(C)CCC(C2)C1N(C)C.Cl. The molecule has 1 fully saturated rings. The molecule has 0 aromatic heterocycles. The van der Waals surface area contributed by atoms with Crippen molar-refractivity contribution in [3.8, 4) is 11.5 Å². The van der Waals surface area contributed by atoms with Crippen molar-refractivity contribution in [1.82, 2.24) is 4.90 Å². The van der Waals surface area contributed by atoms with Crippen LogP contribution in [-0.4, -0.2) is 37.3 Å². The Balaban J connectivity index is 0.00000225. The molecule has 7 heteroatoms. The number of benzene rings is 1. The van der Waals surface area contributed by atoms with E-state index < -0.39 is 29.0 Å². The Labute approximate surface area is 151 Å². The van der Waals surface area contributed by atoms with Gasteiger partial charge in [0, 0.05) is 6.04 Å². The Morgan fingerprint density at radius 1 is 1.20 bits per heavy atom. The summed E-state index contributed by atoms with van der Waals surface area (Å²) in [6.07, 6.45) is 4.86. The van der Waals surface area contributed by atoms with Gasteiger partial charge in [0.1, 0.15) is 0 Å². The van der Waals surface area contributed by atoms with Gasteiger partial charge in [-0.1, -0.05) is 13.0 Å². The van der Waals surface area contributed by atoms with E-state index >= 15 is 0 Å². The summed E-state index contributed by atoms with van der Waals surface area (Å²) in [7, 11) is 4.93. The molecular formula is C18H23ClF3NO2. The summed E-state index contributed by atoms with van der Waals surface area (Å²) in [5, 5.41) is 9.67. The lowest BCUT2D eigenvalue weighted by Crippen LogP contribution is -2.38. The summed E-state index contributed by atoms with van der Waals surface area (Å²) in [6, 6.07) is -0.145. The molecule has 1 aromatic rings. The zero-order chi connectivity index (χ0) is 17.8. The minimum atomic E-state index is -1.62. The maximum atomic E-state index is 14.7. The summed E-state index contributed by atoms with van der Waals surface area (Å²) < 4.78 is 47.6. The smallest absolute Gasteiger partial charge is 0.207 e. The lowest BCUT2D eigenvalue weighted by atomic mass is 9.74. The first-order valence-corrected chi connectivity index (χ1v) is 8.03. The molecule has 3 atom stereocenters. The molecule has 2 aliphatic carbocycles. The fraction of sp³-hybridized carbons (Fsp3) is 0.556. The Bertz CT molecular complexity index is 723. The van der Waals surface area contributed by atoms with Crippen LogP contribution in [0.3, 0.4) is 0 Å². The van der Waals surface area contributed by atoms with E-state index in [1.807, 2.05) is 25.1 Å². The van der Waals surface area contributed by atoms with E-state index in [1.165, 1.54) is 7.11 Å². The zero-order valence-electron chi connectivity index (χ0n) is 14.7. The van der Waals surface area contributed by atoms with Crippen molar-refractivity contribution >= 4 is 18.0 Å². The summed E-state index contributed by atoms with van der Waals surface area (Å²) in [5.41, 5.74) is 0.273. The predicted molar refractivity (Wildman–Crippen MR) is 92.7 cm³/mol. The van der Waals surface area contributed by atoms with Gasteiger partial charge in [-0.05, 0) is 50.3 Å². The Kier molecular flexibility index (Phi) is 5.36. The highest BCUT2D eigenvalue weighted by Crippen LogP contribution is 2.54. The normalized spacial score (nSPS) is 27.9. The van der Waals surface area contributed by atoms with Crippen molar-refractivity contribution in [2.45, 2.75) is 32.2 Å². The number of phenols is 1. The first-order valence-electron chi connectivity index (χ1n) is 8.03. The summed E-state index contributed by atoms with van der Waals surface area (Å²) in [6.45, 7) is 2.09. The van der Waals surface area contributed by atoms with Crippen LogP contribution in [0.2, 0.25) is 0 Å². The molecule has 0 radical (unpaired) electrons. The highest BCUT2D eigenvalue weighted by molar-refractivity contribution is 5.85. The van der Waals surface area contributed by atoms with Gasteiger partial charge in [-0.2, -0.15) is 8.78 Å². The maximum absolute atomic E-state index is 14.7. The van der Waals surface area contributed by atoms with Crippen LogP contribution in [0, 0.1) is 28.8 Å². The molecule has 2 bridgehead atoms. The number of rotatable bonds is 3. The number of ether oxygens (including phenoxy) is 1. The third kappa shape index (κ3) is 2.99. The maximum Gasteiger partial charge on any atom is 0.207 e. The van der Waals surface area contributed by atoms with Gasteiger partial charge in [-0.25, -0.2) is 4.39 Å². The molecule has 2 aliphatic rings. The summed E-state index contributed by atoms with van der Waals surface area (Å²) in [5.74, 6) is -5.67. The minimum absolute atomic E-state index is 0. The molecule has 3 unspecified atom stereocenters. The summed E-state index contributed by atoms with van der Waals surface area (Å²) in [4.78, 5) is 1.96. The molecule has 1 N–H and O–H groups in total. The number of fused-ring (bicyclic) bond motifs is 2. The highest BCUT2D eigenvalue weighted by Gasteiger charge is 2.46. The van der Waals surface area contributed by atoms with E-state index in [1.54, 1.807) is 0 Å². The van der Waals surface area contributed by atoms with E-state index in [9.17, 15) is 18.3 Å². The van der Waals surface area contributed by atoms with Gasteiger partial charge in [0.05, 0.1) is 12.7 Å². The average Bonchev–Trinajstić information content (AvgIpc) is 2.83. The van der Waals surface area contributed by atoms with E-state index in [4.69, 9.17) is 4.74 Å². The molecule has 0 heterocycles. The fourth-order valence-corrected chi connectivity index (χ4v) is 4.43. The molecule has 25 heavy (non-hydrogen) atoms. The number of allylic oxidation sites excluding steroid dienone is 1. The zero-order valence-corrected chi connectivity index (χ0v) is 15.5. The number of likely N-dealkylation sites (N-methyl/N-ethyl adjacent to an activating group) is 1. The van der Waals surface area contributed by atoms with Crippen molar-refractivity contribution < 1.29 is 23.0 Å². The van der Waals surface area contributed by atoms with Gasteiger partial charge in [-0.3, -0.25) is 0 Å². The van der Waals surface area contributed by atoms with Crippen LogP contribution in [0.1, 0.15) is 31.7 Å². The second kappa shape index (κ2) is 6.72. The standard InChI is InChI=1S/C18H22F3NO2.ClH/c1-18-6-5-9(7-18)15(22(2)3)10(8-18)11-12(19)16(23)13(20)14(21)17(11)24-4;/h8-9,15,23H,5-7H2,1-4H3;1H. The molecule has 3 nitrogen and oxygen atoms in total. The van der Waals surface area contributed by atoms with Crippen LogP contribution in [0.25, 0.3) is 5.57 Å². The predicted octanol–water partition coefficient (Wildman–Crippen LogP) is 4.37. The van der Waals surface area contributed by atoms with E-state index in [2.05, 4.69) is 6.92 Å². The van der Waals surface area contributed by atoms with E-state index in [0.29, 0.717) is 11.5 Å². The Hall–Kier alpha value is -1.40. The fourth-order valence-electron chi connectivity index (χ4n) is 4.43. The number of hydrogen-bond acceptors (Lipinski definition) is 3. The van der Waals surface area contributed by atoms with Gasteiger partial charge >= 0.3 is 0 Å². The minimum Gasteiger partial charge on any atom is -0.503 e. The number of hydrogen-bond donors (Lipinski definition) is 1. The van der Waals surface area contributed by atoms with E-state index in [0.717, 1.165) is 19.3 Å². The van der Waals surface area contributed by atoms with Gasteiger partial charge in [0.15, 0.2) is 17.3 Å². The van der Waals surface area contributed by atoms with Crippen LogP contribution in [0.5, 0.6) is 11.5 Å². The molecule has 140 valence electrons. The van der Waals surface area contributed by atoms with Gasteiger partial charge in [-0.15, -0.1) is 12.4 Å². The lowest BCUT2D eigenvalue weighted by Gasteiger charge is -2.38. The van der Waals surface area contributed by atoms with Crippen molar-refractivity contribution in [3.05, 3.63) is 29.1 Å². The van der Waals surface area contributed by atoms with Crippen molar-refractivity contribution in [2.75, 3.05) is 21.2 Å². The van der Waals surface area contributed by atoms with Crippen molar-refractivity contribution in [3.63, 3.8) is 0 Å². The molecule has 0 aliphatic heterocycles. The quantitative estimate of drug-likeness (QED) is 0.794. The third-order valence-corrected chi connectivity index (χ3v) is 5.39. The molecule has 1 saturated carbocycles. The lowest BCUT2D eigenvalue weighted by molar-refractivity contribution is 0.241. The number of methoxy groups -OCH3 is 1. The largest absolute Gasteiger partial charge is 0.503 e. The van der Waals surface area contributed by atoms with Crippen LogP contribution in [0.4, 0.5) is 13.2 Å². The molecular weight excluding hydrogens is 355 g/mol. The molecule has 3 rings (SSSR count). The van der Waals surface area contributed by atoms with Gasteiger partial charge in [0.2, 0.25) is 11.6 Å². The van der Waals surface area contributed by atoms with Gasteiger partial charge < -0.3 is 14.7 Å². The summed E-state index contributed by atoms with van der Waals surface area (Å²) >= 11 is 0. The number of nitrogens with zero attached hydrogens (tertiary/aromatic N) is 1. The van der Waals surface area contributed by atoms with Gasteiger partial charge in [0.25, 0.3) is 0 Å². The molecule has 0 saturated heterocycles. The van der Waals surface area contributed by atoms with E-state index in [-0.39, 0.29) is 29.4 Å². The second-order valence-corrected chi connectivity index (χ2v) is 7.36. The Morgan fingerprint density at radius 2 is 1.84 bits per heavy atom. The van der Waals surface area contributed by atoms with Crippen molar-refractivity contribution in [2.24, 2.45) is 11.3 Å². The van der Waals surface area contributed by atoms with Crippen LogP contribution in [0.15, 0.2) is 6.08 Å². The first kappa shape index (κ1) is 19.9. The average molecular weight is 378 g/mol. The second-order valence-electron chi connectivity index (χ2n) is 7.36. The topological polar surface area (TPSA) is 32.7 Å². The first-order chi connectivity index (χ1) is 11.2. The highest BCUT2D eigenvalue weighted by atomic mass is 35.5. The molecule has 0 amide bonds. The van der Waals surface area contributed by atoms with Crippen LogP contribution >= 0.6 is 12.4 Å². The monoisotopic (exact) mass is 377 g/mol. The van der Waals surface area contributed by atoms with Crippen molar-refractivity contribution in [1.29, 1.82) is 0 Å². The third-order valence-electron chi connectivity index (χ3n) is 5.39.